The van der Waals surface area contributed by atoms with E-state index >= 15 is 0 Å². The molecule has 0 unspecified atom stereocenters. The number of anilines is 1. The molecule has 0 spiro atoms. The number of rotatable bonds is 6. The number of hydrogen-bond acceptors (Lipinski definition) is 4. The molecule has 1 aliphatic heterocycles. The second-order valence-electron chi connectivity index (χ2n) is 9.55. The minimum atomic E-state index is -4.65. The van der Waals surface area contributed by atoms with Crippen LogP contribution in [0.1, 0.15) is 45.6 Å². The van der Waals surface area contributed by atoms with E-state index in [0.29, 0.717) is 28.3 Å². The lowest BCUT2D eigenvalue weighted by atomic mass is 9.81. The number of carbonyl (C=O) groups excluding carboxylic acids is 2. The smallest absolute Gasteiger partial charge is 0.416 e. The Hall–Kier alpha value is -4.67. The summed E-state index contributed by atoms with van der Waals surface area (Å²) in [5.41, 5.74) is 1.08. The van der Waals surface area contributed by atoms with Crippen LogP contribution in [-0.4, -0.2) is 41.3 Å². The number of fused-ring (bicyclic) bond motifs is 1. The number of nitrogens with one attached hydrogen (secondary N) is 1. The van der Waals surface area contributed by atoms with Gasteiger partial charge in [-0.25, -0.2) is 9.07 Å². The Morgan fingerprint density at radius 2 is 1.78 bits per heavy atom. The van der Waals surface area contributed by atoms with Crippen molar-refractivity contribution in [3.63, 3.8) is 0 Å². The van der Waals surface area contributed by atoms with Gasteiger partial charge >= 0.3 is 6.18 Å². The number of likely N-dealkylation sites (N-methyl/N-ethyl adjacent to an activating group) is 1. The van der Waals surface area contributed by atoms with Crippen LogP contribution in [0.4, 0.5) is 23.4 Å². The number of halogens is 4. The van der Waals surface area contributed by atoms with Crippen LogP contribution in [0.15, 0.2) is 72.8 Å². The summed E-state index contributed by atoms with van der Waals surface area (Å²) in [6.07, 6.45) is -4.65. The fourth-order valence-corrected chi connectivity index (χ4v) is 5.22. The number of benzene rings is 3. The fraction of sp³-hybridized carbons (Fsp3) is 0.233. The van der Waals surface area contributed by atoms with Gasteiger partial charge in [-0.15, -0.1) is 0 Å². The largest absolute Gasteiger partial charge is 0.494 e. The van der Waals surface area contributed by atoms with E-state index < -0.39 is 41.3 Å². The number of carbonyl (C=O) groups is 2. The van der Waals surface area contributed by atoms with Gasteiger partial charge in [-0.2, -0.15) is 18.3 Å². The van der Waals surface area contributed by atoms with Gasteiger partial charge in [0, 0.05) is 23.6 Å². The Balaban J connectivity index is 1.68. The van der Waals surface area contributed by atoms with Crippen LogP contribution in [0.5, 0.6) is 5.75 Å². The molecule has 3 aromatic carbocycles. The molecule has 4 aromatic rings. The minimum Gasteiger partial charge on any atom is -0.494 e. The molecule has 11 heteroatoms. The molecule has 0 saturated heterocycles. The number of aromatic nitrogens is 2. The third-order valence-corrected chi connectivity index (χ3v) is 7.10. The Morgan fingerprint density at radius 3 is 2.44 bits per heavy atom. The first kappa shape index (κ1) is 27.9. The van der Waals surface area contributed by atoms with Crippen LogP contribution >= 0.6 is 0 Å². The van der Waals surface area contributed by atoms with Crippen LogP contribution in [-0.2, 0) is 11.0 Å². The van der Waals surface area contributed by atoms with Gasteiger partial charge in [0.05, 0.1) is 24.1 Å². The summed E-state index contributed by atoms with van der Waals surface area (Å²) in [7, 11) is 1.31. The van der Waals surface area contributed by atoms with Crippen molar-refractivity contribution < 1.29 is 31.9 Å². The summed E-state index contributed by atoms with van der Waals surface area (Å²) in [6, 6.07) is 16.1. The first-order valence-electron chi connectivity index (χ1n) is 12.8. The molecule has 1 N–H and O–H groups in total. The van der Waals surface area contributed by atoms with Gasteiger partial charge in [0.1, 0.15) is 11.9 Å². The number of amides is 2. The predicted octanol–water partition coefficient (Wildman–Crippen LogP) is 5.64. The van der Waals surface area contributed by atoms with Gasteiger partial charge in [0.2, 0.25) is 0 Å². The second-order valence-corrected chi connectivity index (χ2v) is 9.55. The number of alkyl halides is 3. The molecule has 7 nitrogen and oxygen atoms in total. The molecular weight excluding hydrogens is 540 g/mol. The molecular formula is C30H26F4N4O3. The zero-order chi connectivity index (χ0) is 29.5. The summed E-state index contributed by atoms with van der Waals surface area (Å²) in [4.78, 5) is 28.9. The topological polar surface area (TPSA) is 76.5 Å². The summed E-state index contributed by atoms with van der Waals surface area (Å²) in [6.45, 7) is 3.76. The fourth-order valence-electron chi connectivity index (χ4n) is 5.22. The van der Waals surface area contributed by atoms with Crippen molar-refractivity contribution >= 4 is 17.6 Å². The van der Waals surface area contributed by atoms with E-state index in [1.807, 2.05) is 30.3 Å². The molecule has 2 heterocycles. The van der Waals surface area contributed by atoms with E-state index in [4.69, 9.17) is 9.84 Å². The molecule has 41 heavy (non-hydrogen) atoms. The minimum absolute atomic E-state index is 0.0644. The lowest BCUT2D eigenvalue weighted by molar-refractivity contribution is -0.137. The molecule has 0 fully saturated rings. The summed E-state index contributed by atoms with van der Waals surface area (Å²) in [5, 5.41) is 7.40. The third kappa shape index (κ3) is 5.03. The van der Waals surface area contributed by atoms with Crippen LogP contribution in [0.2, 0.25) is 0 Å². The van der Waals surface area contributed by atoms with Gasteiger partial charge in [0.25, 0.3) is 11.8 Å². The SMILES string of the molecule is CCN1C(=O)[C@@H](NC(=O)c2cccc(C(F)(F)F)c2)[C@@H](c2ccc(F)c(OC)c2)c2c(C)nn(-c3ccccc3)c21. The average molecular weight is 567 g/mol. The van der Waals surface area contributed by atoms with Crippen LogP contribution < -0.4 is 15.0 Å². The average Bonchev–Trinajstić information content (AvgIpc) is 3.30. The maximum Gasteiger partial charge on any atom is 0.416 e. The van der Waals surface area contributed by atoms with Gasteiger partial charge in [0.15, 0.2) is 11.6 Å². The zero-order valence-electron chi connectivity index (χ0n) is 22.4. The molecule has 1 aliphatic rings. The summed E-state index contributed by atoms with van der Waals surface area (Å²) in [5.74, 6) is -2.41. The molecule has 212 valence electrons. The highest BCUT2D eigenvalue weighted by Crippen LogP contribution is 2.44. The lowest BCUT2D eigenvalue weighted by Crippen LogP contribution is -2.55. The highest BCUT2D eigenvalue weighted by Gasteiger charge is 2.46. The number of aryl methyl sites for hydroxylation is 1. The predicted molar refractivity (Wildman–Crippen MR) is 144 cm³/mol. The molecule has 0 bridgehead atoms. The van der Waals surface area contributed by atoms with Gasteiger partial charge in [-0.05, 0) is 61.9 Å². The highest BCUT2D eigenvalue weighted by molar-refractivity contribution is 6.05. The van der Waals surface area contributed by atoms with E-state index in [-0.39, 0.29) is 17.9 Å². The van der Waals surface area contributed by atoms with Crippen molar-refractivity contribution in [3.8, 4) is 11.4 Å². The van der Waals surface area contributed by atoms with E-state index in [9.17, 15) is 27.2 Å². The molecule has 1 aromatic heterocycles. The van der Waals surface area contributed by atoms with Gasteiger partial charge < -0.3 is 10.1 Å². The second kappa shape index (κ2) is 10.7. The van der Waals surface area contributed by atoms with E-state index in [2.05, 4.69) is 5.32 Å². The van der Waals surface area contributed by atoms with Crippen LogP contribution in [0.25, 0.3) is 5.69 Å². The first-order valence-corrected chi connectivity index (χ1v) is 12.8. The Morgan fingerprint density at radius 1 is 1.05 bits per heavy atom. The summed E-state index contributed by atoms with van der Waals surface area (Å²) >= 11 is 0. The normalized spacial score (nSPS) is 16.9. The summed E-state index contributed by atoms with van der Waals surface area (Å²) < 4.78 is 61.3. The quantitative estimate of drug-likeness (QED) is 0.307. The lowest BCUT2D eigenvalue weighted by Gasteiger charge is -2.38. The van der Waals surface area contributed by atoms with Crippen molar-refractivity contribution in [2.24, 2.45) is 0 Å². The van der Waals surface area contributed by atoms with Crippen molar-refractivity contribution in [3.05, 3.63) is 107 Å². The first-order chi connectivity index (χ1) is 19.5. The Labute approximate surface area is 233 Å². The van der Waals surface area contributed by atoms with Crippen molar-refractivity contribution in [1.29, 1.82) is 0 Å². The maximum absolute atomic E-state index is 14.4. The number of methoxy groups -OCH3 is 1. The van der Waals surface area contributed by atoms with Gasteiger partial charge in [-0.3, -0.25) is 14.5 Å². The van der Waals surface area contributed by atoms with Crippen molar-refractivity contribution in [1.82, 2.24) is 15.1 Å². The molecule has 0 radical (unpaired) electrons. The van der Waals surface area contributed by atoms with Crippen molar-refractivity contribution in [2.45, 2.75) is 32.0 Å². The highest BCUT2D eigenvalue weighted by atomic mass is 19.4. The standard InChI is InChI=1S/C30H26F4N4O3/c1-4-37-28-24(17(2)36-38(28)21-11-6-5-7-12-21)25(18-13-14-22(31)23(16-18)41-3)26(29(37)40)35-27(39)19-9-8-10-20(15-19)30(32,33)34/h5-16,25-26H,4H2,1-3H3,(H,35,39)/t25-,26-/m0/s1. The Bertz CT molecular complexity index is 1620. The number of hydrogen-bond donors (Lipinski definition) is 1. The number of nitrogens with zero attached hydrogens (tertiary/aromatic N) is 3. The monoisotopic (exact) mass is 566 g/mol. The molecule has 0 saturated carbocycles. The van der Waals surface area contributed by atoms with E-state index in [0.717, 1.165) is 18.2 Å². The van der Waals surface area contributed by atoms with E-state index in [1.165, 1.54) is 36.3 Å². The van der Waals surface area contributed by atoms with Crippen molar-refractivity contribution in [2.75, 3.05) is 18.6 Å². The number of para-hydroxylation sites is 1. The maximum atomic E-state index is 14.4. The molecule has 2 atom stereocenters. The Kier molecular flexibility index (Phi) is 7.29. The van der Waals surface area contributed by atoms with Crippen LogP contribution in [0, 0.1) is 12.7 Å². The van der Waals surface area contributed by atoms with E-state index in [1.54, 1.807) is 18.5 Å². The zero-order valence-corrected chi connectivity index (χ0v) is 22.4. The molecule has 5 rings (SSSR count). The van der Waals surface area contributed by atoms with Gasteiger partial charge in [-0.1, -0.05) is 30.3 Å². The van der Waals surface area contributed by atoms with Crippen LogP contribution in [0.3, 0.4) is 0 Å². The molecule has 2 amide bonds. The third-order valence-electron chi connectivity index (χ3n) is 7.10. The number of ether oxygens (including phenoxy) is 1. The molecule has 0 aliphatic carbocycles.